The Morgan fingerprint density at radius 2 is 2.00 bits per heavy atom. The van der Waals surface area contributed by atoms with E-state index in [1.54, 1.807) is 0 Å². The second-order valence-electron chi connectivity index (χ2n) is 5.38. The molecule has 0 saturated carbocycles. The molecule has 0 spiro atoms. The molecule has 1 aromatic carbocycles. The van der Waals surface area contributed by atoms with Gasteiger partial charge in [-0.1, -0.05) is 26.0 Å². The van der Waals surface area contributed by atoms with Crippen LogP contribution in [0.25, 0.3) is 0 Å². The maximum absolute atomic E-state index is 11.7. The van der Waals surface area contributed by atoms with Gasteiger partial charge < -0.3 is 20.1 Å². The summed E-state index contributed by atoms with van der Waals surface area (Å²) >= 11 is 0. The normalized spacial score (nSPS) is 18.5. The van der Waals surface area contributed by atoms with Crippen molar-refractivity contribution >= 4 is 6.03 Å². The zero-order valence-corrected chi connectivity index (χ0v) is 12.2. The van der Waals surface area contributed by atoms with E-state index < -0.39 is 0 Å². The molecule has 2 N–H and O–H groups in total. The number of benzene rings is 1. The number of hydrogen-bond acceptors (Lipinski definition) is 3. The quantitative estimate of drug-likeness (QED) is 0.887. The van der Waals surface area contributed by atoms with Crippen LogP contribution in [-0.4, -0.2) is 31.3 Å². The average Bonchev–Trinajstić information content (AvgIpc) is 2.44. The van der Waals surface area contributed by atoms with Crippen molar-refractivity contribution in [2.75, 3.05) is 13.2 Å². The van der Waals surface area contributed by atoms with Gasteiger partial charge >= 0.3 is 6.03 Å². The number of urea groups is 1. The van der Waals surface area contributed by atoms with Crippen molar-refractivity contribution in [3.63, 3.8) is 0 Å². The van der Waals surface area contributed by atoms with Crippen LogP contribution in [0, 0.1) is 5.92 Å². The number of amides is 2. The lowest BCUT2D eigenvalue weighted by molar-refractivity contribution is 0.0916. The molecule has 5 heteroatoms. The van der Waals surface area contributed by atoms with Crippen molar-refractivity contribution in [1.29, 1.82) is 0 Å². The molecule has 0 aliphatic carbocycles. The van der Waals surface area contributed by atoms with E-state index >= 15 is 0 Å². The predicted molar refractivity (Wildman–Crippen MR) is 77.2 cm³/mol. The molecule has 110 valence electrons. The third-order valence-electron chi connectivity index (χ3n) is 3.42. The zero-order chi connectivity index (χ0) is 14.5. The van der Waals surface area contributed by atoms with Gasteiger partial charge in [-0.2, -0.15) is 0 Å². The van der Waals surface area contributed by atoms with Crippen molar-refractivity contribution < 1.29 is 14.3 Å². The number of nitrogens with one attached hydrogen (secondary N) is 2. The molecular formula is C15H22N2O3. The van der Waals surface area contributed by atoms with Gasteiger partial charge in [0, 0.05) is 6.04 Å². The summed E-state index contributed by atoms with van der Waals surface area (Å²) < 4.78 is 11.4. The Labute approximate surface area is 119 Å². The molecule has 2 atom stereocenters. The smallest absolute Gasteiger partial charge is 0.315 e. The predicted octanol–water partition coefficient (Wildman–Crippen LogP) is 2.17. The number of carbonyl (C=O) groups excluding carboxylic acids is 1. The third-order valence-corrected chi connectivity index (χ3v) is 3.42. The largest absolute Gasteiger partial charge is 0.486 e. The number of ether oxygens (including phenoxy) is 2. The van der Waals surface area contributed by atoms with Crippen LogP contribution in [0.3, 0.4) is 0 Å². The van der Waals surface area contributed by atoms with E-state index in [9.17, 15) is 4.79 Å². The first-order chi connectivity index (χ1) is 9.56. The molecule has 2 amide bonds. The monoisotopic (exact) mass is 278 g/mol. The molecule has 1 heterocycles. The van der Waals surface area contributed by atoms with Gasteiger partial charge in [0.25, 0.3) is 0 Å². The molecule has 2 unspecified atom stereocenters. The minimum absolute atomic E-state index is 0.138. The number of para-hydroxylation sites is 2. The van der Waals surface area contributed by atoms with Gasteiger partial charge in [-0.05, 0) is 25.0 Å². The zero-order valence-electron chi connectivity index (χ0n) is 12.2. The highest BCUT2D eigenvalue weighted by atomic mass is 16.6. The molecular weight excluding hydrogens is 256 g/mol. The highest BCUT2D eigenvalue weighted by Gasteiger charge is 2.21. The SMILES string of the molecule is CC(C)C(C)NC(=O)NCC1COc2ccccc2O1. The molecule has 1 aliphatic heterocycles. The molecule has 0 aromatic heterocycles. The Balaban J connectivity index is 1.77. The van der Waals surface area contributed by atoms with E-state index in [-0.39, 0.29) is 18.2 Å². The molecule has 0 saturated heterocycles. The van der Waals surface area contributed by atoms with Crippen molar-refractivity contribution in [3.05, 3.63) is 24.3 Å². The van der Waals surface area contributed by atoms with Gasteiger partial charge in [-0.3, -0.25) is 0 Å². The summed E-state index contributed by atoms with van der Waals surface area (Å²) in [5.41, 5.74) is 0. The summed E-state index contributed by atoms with van der Waals surface area (Å²) in [6, 6.07) is 7.50. The van der Waals surface area contributed by atoms with Crippen LogP contribution in [0.5, 0.6) is 11.5 Å². The highest BCUT2D eigenvalue weighted by molar-refractivity contribution is 5.74. The fraction of sp³-hybridized carbons (Fsp3) is 0.533. The maximum atomic E-state index is 11.7. The standard InChI is InChI=1S/C15H22N2O3/c1-10(2)11(3)17-15(18)16-8-12-9-19-13-6-4-5-7-14(13)20-12/h4-7,10-12H,8-9H2,1-3H3,(H2,16,17,18). The van der Waals surface area contributed by atoms with E-state index in [4.69, 9.17) is 9.47 Å². The Bertz CT molecular complexity index is 462. The minimum atomic E-state index is -0.173. The van der Waals surface area contributed by atoms with Crippen molar-refractivity contribution in [2.45, 2.75) is 32.9 Å². The van der Waals surface area contributed by atoms with Crippen LogP contribution >= 0.6 is 0 Å². The Morgan fingerprint density at radius 1 is 1.30 bits per heavy atom. The van der Waals surface area contributed by atoms with E-state index in [1.165, 1.54) is 0 Å². The van der Waals surface area contributed by atoms with Crippen molar-refractivity contribution in [3.8, 4) is 11.5 Å². The van der Waals surface area contributed by atoms with Crippen molar-refractivity contribution in [1.82, 2.24) is 10.6 Å². The topological polar surface area (TPSA) is 59.6 Å². The maximum Gasteiger partial charge on any atom is 0.315 e. The second-order valence-corrected chi connectivity index (χ2v) is 5.38. The molecule has 1 aromatic rings. The van der Waals surface area contributed by atoms with E-state index in [2.05, 4.69) is 24.5 Å². The molecule has 1 aliphatic rings. The van der Waals surface area contributed by atoms with Crippen molar-refractivity contribution in [2.24, 2.45) is 5.92 Å². The summed E-state index contributed by atoms with van der Waals surface area (Å²) in [7, 11) is 0. The van der Waals surface area contributed by atoms with Gasteiger partial charge in [0.05, 0.1) is 6.54 Å². The van der Waals surface area contributed by atoms with Gasteiger partial charge in [0.1, 0.15) is 6.61 Å². The van der Waals surface area contributed by atoms with Gasteiger partial charge in [-0.25, -0.2) is 4.79 Å². The summed E-state index contributed by atoms with van der Waals surface area (Å²) in [6.07, 6.45) is -0.162. The number of fused-ring (bicyclic) bond motifs is 1. The van der Waals surface area contributed by atoms with Gasteiger partial charge in [-0.15, -0.1) is 0 Å². The first-order valence-electron chi connectivity index (χ1n) is 6.99. The summed E-state index contributed by atoms with van der Waals surface area (Å²) in [5, 5.41) is 5.71. The fourth-order valence-corrected chi connectivity index (χ4v) is 1.79. The average molecular weight is 278 g/mol. The van der Waals surface area contributed by atoms with Crippen LogP contribution in [0.2, 0.25) is 0 Å². The number of rotatable bonds is 4. The Morgan fingerprint density at radius 3 is 2.70 bits per heavy atom. The molecule has 2 rings (SSSR count). The molecule has 0 fully saturated rings. The lowest BCUT2D eigenvalue weighted by Gasteiger charge is -2.27. The van der Waals surface area contributed by atoms with Gasteiger partial charge in [0.2, 0.25) is 0 Å². The lowest BCUT2D eigenvalue weighted by atomic mass is 10.1. The van der Waals surface area contributed by atoms with Crippen LogP contribution in [0.15, 0.2) is 24.3 Å². The van der Waals surface area contributed by atoms with Crippen LogP contribution in [0.4, 0.5) is 4.79 Å². The van der Waals surface area contributed by atoms with E-state index in [1.807, 2.05) is 31.2 Å². The highest BCUT2D eigenvalue weighted by Crippen LogP contribution is 2.30. The van der Waals surface area contributed by atoms with Gasteiger partial charge in [0.15, 0.2) is 17.6 Å². The van der Waals surface area contributed by atoms with Crippen LogP contribution in [0.1, 0.15) is 20.8 Å². The van der Waals surface area contributed by atoms with E-state index in [0.717, 1.165) is 11.5 Å². The molecule has 5 nitrogen and oxygen atoms in total. The van der Waals surface area contributed by atoms with Crippen LogP contribution in [-0.2, 0) is 0 Å². The fourth-order valence-electron chi connectivity index (χ4n) is 1.79. The third kappa shape index (κ3) is 3.79. The van der Waals surface area contributed by atoms with Crippen LogP contribution < -0.4 is 20.1 Å². The second kappa shape index (κ2) is 6.50. The summed E-state index contributed by atoms with van der Waals surface area (Å²) in [6.45, 7) is 6.99. The summed E-state index contributed by atoms with van der Waals surface area (Å²) in [5.74, 6) is 1.88. The summed E-state index contributed by atoms with van der Waals surface area (Å²) in [4.78, 5) is 11.7. The number of carbonyl (C=O) groups is 1. The van der Waals surface area contributed by atoms with E-state index in [0.29, 0.717) is 19.1 Å². The Kier molecular flexibility index (Phi) is 4.71. The minimum Gasteiger partial charge on any atom is -0.486 e. The Hall–Kier alpha value is -1.91. The lowest BCUT2D eigenvalue weighted by Crippen LogP contribution is -2.47. The number of hydrogen-bond donors (Lipinski definition) is 2. The molecule has 0 radical (unpaired) electrons. The molecule has 0 bridgehead atoms. The first kappa shape index (κ1) is 14.5. The first-order valence-corrected chi connectivity index (χ1v) is 6.99. The molecule has 20 heavy (non-hydrogen) atoms.